The van der Waals surface area contributed by atoms with Gasteiger partial charge in [0.2, 0.25) is 0 Å². The zero-order valence-corrected chi connectivity index (χ0v) is 15.0. The lowest BCUT2D eigenvalue weighted by Crippen LogP contribution is -2.17. The van der Waals surface area contributed by atoms with Gasteiger partial charge in [0.05, 0.1) is 17.2 Å². The lowest BCUT2D eigenvalue weighted by molar-refractivity contribution is -0.452. The summed E-state index contributed by atoms with van der Waals surface area (Å²) in [5.41, 5.74) is 0.201. The Labute approximate surface area is 148 Å². The Morgan fingerprint density at radius 1 is 1.08 bits per heavy atom. The maximum absolute atomic E-state index is 11.8. The van der Waals surface area contributed by atoms with E-state index in [0.29, 0.717) is 12.4 Å². The van der Waals surface area contributed by atoms with E-state index in [-0.39, 0.29) is 11.7 Å². The Morgan fingerprint density at radius 3 is 2.60 bits per heavy atom. The molecule has 7 heteroatoms. The Bertz CT molecular complexity index is 530. The minimum atomic E-state index is -1.06. The van der Waals surface area contributed by atoms with Gasteiger partial charge in [-0.1, -0.05) is 32.3 Å². The standard InChI is InChI=1S/C18H26O7/c1-4-6-7-8-10-14(3)22-18(20)24-25-23-17(19)15-11-9-12-16(13-15)21-5-2/h9,11-14H,4-8,10H2,1-3H3. The maximum Gasteiger partial charge on any atom is 0.543 e. The summed E-state index contributed by atoms with van der Waals surface area (Å²) >= 11 is 0. The molecule has 0 radical (unpaired) electrons. The summed E-state index contributed by atoms with van der Waals surface area (Å²) in [4.78, 5) is 31.9. The monoisotopic (exact) mass is 354 g/mol. The second-order valence-electron chi connectivity index (χ2n) is 5.51. The first-order valence-corrected chi connectivity index (χ1v) is 8.55. The van der Waals surface area contributed by atoms with Gasteiger partial charge in [0.15, 0.2) is 0 Å². The summed E-state index contributed by atoms with van der Waals surface area (Å²) in [5, 5.41) is 4.19. The van der Waals surface area contributed by atoms with E-state index in [4.69, 9.17) is 9.47 Å². The number of carbonyl (C=O) groups excluding carboxylic acids is 2. The molecule has 0 heterocycles. The first-order valence-electron chi connectivity index (χ1n) is 8.55. The van der Waals surface area contributed by atoms with Gasteiger partial charge in [0.1, 0.15) is 11.9 Å². The van der Waals surface area contributed by atoms with Crippen molar-refractivity contribution in [3.05, 3.63) is 29.8 Å². The Morgan fingerprint density at radius 2 is 1.88 bits per heavy atom. The molecule has 0 aromatic heterocycles. The fraction of sp³-hybridized carbons (Fsp3) is 0.556. The van der Waals surface area contributed by atoms with Gasteiger partial charge in [-0.25, -0.2) is 14.5 Å². The minimum Gasteiger partial charge on any atom is -0.494 e. The molecule has 0 spiro atoms. The quantitative estimate of drug-likeness (QED) is 0.249. The lowest BCUT2D eigenvalue weighted by atomic mass is 10.1. The van der Waals surface area contributed by atoms with Gasteiger partial charge in [-0.2, -0.15) is 0 Å². The third-order valence-corrected chi connectivity index (χ3v) is 3.35. The fourth-order valence-electron chi connectivity index (χ4n) is 2.10. The van der Waals surface area contributed by atoms with Gasteiger partial charge in [0.25, 0.3) is 0 Å². The summed E-state index contributed by atoms with van der Waals surface area (Å²) in [5.74, 6) is -0.295. The summed E-state index contributed by atoms with van der Waals surface area (Å²) in [7, 11) is 0. The second-order valence-corrected chi connectivity index (χ2v) is 5.51. The molecule has 7 nitrogen and oxygen atoms in total. The van der Waals surface area contributed by atoms with E-state index < -0.39 is 12.1 Å². The van der Waals surface area contributed by atoms with Crippen LogP contribution in [0.3, 0.4) is 0 Å². The van der Waals surface area contributed by atoms with Gasteiger partial charge >= 0.3 is 12.1 Å². The zero-order valence-electron chi connectivity index (χ0n) is 15.0. The molecule has 0 saturated heterocycles. The van der Waals surface area contributed by atoms with Gasteiger partial charge in [-0.05, 0) is 44.9 Å². The van der Waals surface area contributed by atoms with Crippen molar-refractivity contribution in [2.75, 3.05) is 6.61 Å². The Kier molecular flexibility index (Phi) is 10.1. The Hall–Kier alpha value is -2.28. The van der Waals surface area contributed by atoms with Crippen LogP contribution in [-0.4, -0.2) is 24.8 Å². The van der Waals surface area contributed by atoms with Gasteiger partial charge in [-0.15, -0.1) is 0 Å². The average Bonchev–Trinajstić information content (AvgIpc) is 2.59. The highest BCUT2D eigenvalue weighted by Gasteiger charge is 2.15. The molecule has 0 bridgehead atoms. The van der Waals surface area contributed by atoms with Crippen LogP contribution in [0.15, 0.2) is 24.3 Å². The predicted molar refractivity (Wildman–Crippen MR) is 89.9 cm³/mol. The molecule has 0 aliphatic carbocycles. The van der Waals surface area contributed by atoms with E-state index in [1.807, 2.05) is 6.92 Å². The second kappa shape index (κ2) is 12.1. The van der Waals surface area contributed by atoms with Crippen LogP contribution in [-0.2, 0) is 19.6 Å². The zero-order chi connectivity index (χ0) is 18.5. The lowest BCUT2D eigenvalue weighted by Gasteiger charge is -2.11. The molecule has 1 atom stereocenters. The molecular weight excluding hydrogens is 328 g/mol. The molecule has 1 aromatic carbocycles. The summed E-state index contributed by atoms with van der Waals surface area (Å²) in [6, 6.07) is 6.35. The summed E-state index contributed by atoms with van der Waals surface area (Å²) < 4.78 is 10.2. The van der Waals surface area contributed by atoms with Crippen LogP contribution >= 0.6 is 0 Å². The number of rotatable bonds is 11. The van der Waals surface area contributed by atoms with Crippen molar-refractivity contribution in [1.82, 2.24) is 0 Å². The number of hydrogen-bond donors (Lipinski definition) is 0. The number of hydrogen-bond acceptors (Lipinski definition) is 7. The van der Waals surface area contributed by atoms with Crippen LogP contribution in [0.25, 0.3) is 0 Å². The van der Waals surface area contributed by atoms with Gasteiger partial charge < -0.3 is 9.47 Å². The highest BCUT2D eigenvalue weighted by atomic mass is 17.5. The van der Waals surface area contributed by atoms with Crippen molar-refractivity contribution in [2.24, 2.45) is 0 Å². The normalized spacial score (nSPS) is 11.5. The largest absolute Gasteiger partial charge is 0.543 e. The van der Waals surface area contributed by atoms with Crippen LogP contribution in [0.1, 0.15) is 63.2 Å². The molecule has 0 aliphatic heterocycles. The smallest absolute Gasteiger partial charge is 0.494 e. The molecule has 0 aliphatic rings. The van der Waals surface area contributed by atoms with E-state index in [2.05, 4.69) is 21.7 Å². The first-order chi connectivity index (χ1) is 12.1. The molecule has 140 valence electrons. The van der Waals surface area contributed by atoms with Crippen LogP contribution in [0, 0.1) is 0 Å². The van der Waals surface area contributed by atoms with Crippen molar-refractivity contribution in [3.63, 3.8) is 0 Å². The van der Waals surface area contributed by atoms with Crippen molar-refractivity contribution in [1.29, 1.82) is 0 Å². The van der Waals surface area contributed by atoms with Crippen molar-refractivity contribution >= 4 is 12.1 Å². The van der Waals surface area contributed by atoms with E-state index in [9.17, 15) is 9.59 Å². The minimum absolute atomic E-state index is 0.201. The SMILES string of the molecule is CCCCCCC(C)OC(=O)OOOC(=O)c1cccc(OCC)c1. The maximum atomic E-state index is 11.8. The Balaban J connectivity index is 2.26. The topological polar surface area (TPSA) is 80.3 Å². The van der Waals surface area contributed by atoms with Crippen LogP contribution in [0.2, 0.25) is 0 Å². The van der Waals surface area contributed by atoms with Crippen molar-refractivity contribution < 1.29 is 33.9 Å². The molecule has 0 amide bonds. The van der Waals surface area contributed by atoms with Crippen LogP contribution in [0.5, 0.6) is 5.75 Å². The first kappa shape index (κ1) is 20.8. The van der Waals surface area contributed by atoms with E-state index in [1.165, 1.54) is 12.1 Å². The highest BCUT2D eigenvalue weighted by molar-refractivity contribution is 5.89. The number of unbranched alkanes of at least 4 members (excludes halogenated alkanes) is 3. The molecule has 0 fully saturated rings. The fourth-order valence-corrected chi connectivity index (χ4v) is 2.10. The van der Waals surface area contributed by atoms with Crippen molar-refractivity contribution in [3.8, 4) is 5.75 Å². The molecule has 1 aromatic rings. The third-order valence-electron chi connectivity index (χ3n) is 3.35. The van der Waals surface area contributed by atoms with Gasteiger partial charge in [0, 0.05) is 0 Å². The average molecular weight is 354 g/mol. The number of ether oxygens (including phenoxy) is 2. The molecular formula is C18H26O7. The van der Waals surface area contributed by atoms with Gasteiger partial charge in [-0.3, -0.25) is 4.89 Å². The summed E-state index contributed by atoms with van der Waals surface area (Å²) in [6.45, 7) is 6.19. The van der Waals surface area contributed by atoms with E-state index in [1.54, 1.807) is 19.1 Å². The van der Waals surface area contributed by atoms with E-state index >= 15 is 0 Å². The van der Waals surface area contributed by atoms with Crippen molar-refractivity contribution in [2.45, 2.75) is 59.0 Å². The third kappa shape index (κ3) is 8.95. The predicted octanol–water partition coefficient (Wildman–Crippen LogP) is 4.60. The number of benzene rings is 1. The molecule has 1 unspecified atom stereocenters. The van der Waals surface area contributed by atoms with E-state index in [0.717, 1.165) is 32.1 Å². The highest BCUT2D eigenvalue weighted by Crippen LogP contribution is 2.14. The van der Waals surface area contributed by atoms with Crippen LogP contribution in [0.4, 0.5) is 4.79 Å². The molecule has 0 saturated carbocycles. The molecule has 25 heavy (non-hydrogen) atoms. The molecule has 1 rings (SSSR count). The number of carbonyl (C=O) groups is 2. The van der Waals surface area contributed by atoms with Crippen LogP contribution < -0.4 is 4.74 Å². The summed E-state index contributed by atoms with van der Waals surface area (Å²) in [6.07, 6.45) is 3.73. The molecule has 0 N–H and O–H groups in total.